The number of aromatic nitrogens is 1. The minimum Gasteiger partial charge on any atom is -0.329 e. The van der Waals surface area contributed by atoms with E-state index < -0.39 is 0 Å². The average Bonchev–Trinajstić information content (AvgIpc) is 2.76. The molecular weight excluding hydrogens is 260 g/mol. The highest BCUT2D eigenvalue weighted by molar-refractivity contribution is 5.04. The van der Waals surface area contributed by atoms with Gasteiger partial charge in [0.25, 0.3) is 0 Å². The molecule has 0 aliphatic carbocycles. The molecular formula is C17H30N4. The first-order valence-corrected chi connectivity index (χ1v) is 8.24. The Labute approximate surface area is 129 Å². The van der Waals surface area contributed by atoms with E-state index in [2.05, 4.69) is 40.9 Å². The van der Waals surface area contributed by atoms with Gasteiger partial charge in [0.05, 0.1) is 0 Å². The molecule has 0 bridgehead atoms. The number of nitrogens with zero attached hydrogens (tertiary/aromatic N) is 3. The van der Waals surface area contributed by atoms with Crippen LogP contribution in [-0.2, 0) is 6.42 Å². The maximum Gasteiger partial charge on any atom is 0.0416 e. The third-order valence-corrected chi connectivity index (χ3v) is 5.08. The molecule has 1 unspecified atom stereocenters. The molecule has 21 heavy (non-hydrogen) atoms. The Bertz CT molecular complexity index is 409. The van der Waals surface area contributed by atoms with Crippen LogP contribution in [0.2, 0.25) is 0 Å². The molecule has 2 N–H and O–H groups in total. The molecule has 1 saturated heterocycles. The minimum absolute atomic E-state index is 0.165. The maximum atomic E-state index is 6.19. The zero-order valence-electron chi connectivity index (χ0n) is 13.6. The second kappa shape index (κ2) is 7.87. The zero-order valence-corrected chi connectivity index (χ0v) is 13.6. The van der Waals surface area contributed by atoms with Crippen LogP contribution in [0.1, 0.15) is 31.9 Å². The normalized spacial score (nSPS) is 24.2. The Morgan fingerprint density at radius 2 is 2.19 bits per heavy atom. The lowest BCUT2D eigenvalue weighted by Crippen LogP contribution is -2.53. The summed E-state index contributed by atoms with van der Waals surface area (Å²) in [6, 6.07) is 6.14. The third kappa shape index (κ3) is 4.25. The molecule has 2 heterocycles. The molecule has 1 aliphatic heterocycles. The lowest BCUT2D eigenvalue weighted by atomic mass is 9.88. The molecule has 1 atom stereocenters. The molecule has 4 nitrogen and oxygen atoms in total. The van der Waals surface area contributed by atoms with Crippen molar-refractivity contribution in [3.05, 3.63) is 30.1 Å². The highest BCUT2D eigenvalue weighted by atomic mass is 15.2. The van der Waals surface area contributed by atoms with Gasteiger partial charge in [0.2, 0.25) is 0 Å². The van der Waals surface area contributed by atoms with Crippen LogP contribution in [0.4, 0.5) is 0 Å². The highest BCUT2D eigenvalue weighted by Crippen LogP contribution is 2.27. The molecule has 0 amide bonds. The molecule has 0 spiro atoms. The van der Waals surface area contributed by atoms with Crippen LogP contribution in [-0.4, -0.2) is 60.1 Å². The van der Waals surface area contributed by atoms with E-state index in [1.165, 1.54) is 38.0 Å². The molecule has 2 rings (SSSR count). The smallest absolute Gasteiger partial charge is 0.0416 e. The molecule has 1 aliphatic rings. The summed E-state index contributed by atoms with van der Waals surface area (Å²) >= 11 is 0. The lowest BCUT2D eigenvalue weighted by Gasteiger charge is -2.41. The van der Waals surface area contributed by atoms with Crippen molar-refractivity contribution < 1.29 is 0 Å². The van der Waals surface area contributed by atoms with Gasteiger partial charge in [-0.3, -0.25) is 9.88 Å². The fourth-order valence-electron chi connectivity index (χ4n) is 3.36. The number of hydrogen-bond acceptors (Lipinski definition) is 4. The number of pyridine rings is 1. The second-order valence-electron chi connectivity index (χ2n) is 6.21. The van der Waals surface area contributed by atoms with Gasteiger partial charge in [-0.25, -0.2) is 0 Å². The van der Waals surface area contributed by atoms with E-state index in [4.69, 9.17) is 5.73 Å². The van der Waals surface area contributed by atoms with Crippen LogP contribution in [0.3, 0.4) is 0 Å². The summed E-state index contributed by atoms with van der Waals surface area (Å²) in [5.74, 6) is 0. The van der Waals surface area contributed by atoms with Crippen LogP contribution < -0.4 is 5.73 Å². The second-order valence-corrected chi connectivity index (χ2v) is 6.21. The van der Waals surface area contributed by atoms with E-state index in [1.54, 1.807) is 0 Å². The first-order chi connectivity index (χ1) is 10.2. The first kappa shape index (κ1) is 16.4. The van der Waals surface area contributed by atoms with Crippen LogP contribution in [0.5, 0.6) is 0 Å². The molecule has 0 radical (unpaired) electrons. The fourth-order valence-corrected chi connectivity index (χ4v) is 3.36. The van der Waals surface area contributed by atoms with E-state index in [0.29, 0.717) is 0 Å². The van der Waals surface area contributed by atoms with E-state index in [-0.39, 0.29) is 5.54 Å². The summed E-state index contributed by atoms with van der Waals surface area (Å²) in [5, 5.41) is 0. The van der Waals surface area contributed by atoms with Crippen molar-refractivity contribution in [1.82, 2.24) is 14.8 Å². The number of hydrogen-bond donors (Lipinski definition) is 1. The van der Waals surface area contributed by atoms with Gasteiger partial charge in [-0.1, -0.05) is 13.0 Å². The predicted octanol–water partition coefficient (Wildman–Crippen LogP) is 1.76. The monoisotopic (exact) mass is 290 g/mol. The van der Waals surface area contributed by atoms with Gasteiger partial charge >= 0.3 is 0 Å². The van der Waals surface area contributed by atoms with E-state index in [1.807, 2.05) is 12.3 Å². The summed E-state index contributed by atoms with van der Waals surface area (Å²) in [5.41, 5.74) is 7.52. The first-order valence-electron chi connectivity index (χ1n) is 8.24. The summed E-state index contributed by atoms with van der Waals surface area (Å²) in [6.07, 6.45) is 6.50. The van der Waals surface area contributed by atoms with Crippen molar-refractivity contribution in [1.29, 1.82) is 0 Å². The van der Waals surface area contributed by atoms with E-state index in [9.17, 15) is 0 Å². The molecule has 1 aromatic rings. The molecule has 1 aromatic heterocycles. The Hall–Kier alpha value is -0.970. The van der Waals surface area contributed by atoms with Gasteiger partial charge in [-0.2, -0.15) is 0 Å². The van der Waals surface area contributed by atoms with Gasteiger partial charge < -0.3 is 10.6 Å². The Morgan fingerprint density at radius 1 is 1.33 bits per heavy atom. The number of rotatable bonds is 6. The van der Waals surface area contributed by atoms with Crippen molar-refractivity contribution in [2.45, 2.75) is 38.1 Å². The van der Waals surface area contributed by atoms with Gasteiger partial charge in [-0.15, -0.1) is 0 Å². The SMILES string of the molecule is CCN1CCCC(CN)(N(C)CCc2ccccn2)CC1. The van der Waals surface area contributed by atoms with Crippen LogP contribution in [0, 0.1) is 0 Å². The Morgan fingerprint density at radius 3 is 2.86 bits per heavy atom. The maximum absolute atomic E-state index is 6.19. The largest absolute Gasteiger partial charge is 0.329 e. The molecule has 0 saturated carbocycles. The van der Waals surface area contributed by atoms with Crippen LogP contribution in [0.15, 0.2) is 24.4 Å². The predicted molar refractivity (Wildman–Crippen MR) is 88.3 cm³/mol. The molecule has 1 fully saturated rings. The number of likely N-dealkylation sites (tertiary alicyclic amines) is 1. The number of likely N-dealkylation sites (N-methyl/N-ethyl adjacent to an activating group) is 1. The number of nitrogens with two attached hydrogens (primary N) is 1. The molecule has 118 valence electrons. The van der Waals surface area contributed by atoms with Crippen molar-refractivity contribution in [3.8, 4) is 0 Å². The molecule has 0 aromatic carbocycles. The van der Waals surface area contributed by atoms with Crippen LogP contribution in [0.25, 0.3) is 0 Å². The quantitative estimate of drug-likeness (QED) is 0.867. The topological polar surface area (TPSA) is 45.4 Å². The fraction of sp³-hybridized carbons (Fsp3) is 0.706. The van der Waals surface area contributed by atoms with Crippen molar-refractivity contribution in [2.75, 3.05) is 39.8 Å². The Balaban J connectivity index is 1.95. The molecule has 4 heteroatoms. The van der Waals surface area contributed by atoms with Gasteiger partial charge in [0, 0.05) is 36.9 Å². The van der Waals surface area contributed by atoms with E-state index >= 15 is 0 Å². The van der Waals surface area contributed by atoms with E-state index in [0.717, 1.165) is 26.1 Å². The summed E-state index contributed by atoms with van der Waals surface area (Å²) in [7, 11) is 2.23. The third-order valence-electron chi connectivity index (χ3n) is 5.08. The van der Waals surface area contributed by atoms with Crippen LogP contribution >= 0.6 is 0 Å². The van der Waals surface area contributed by atoms with Crippen molar-refractivity contribution in [2.24, 2.45) is 5.73 Å². The Kier molecular flexibility index (Phi) is 6.15. The van der Waals surface area contributed by atoms with Crippen molar-refractivity contribution in [3.63, 3.8) is 0 Å². The lowest BCUT2D eigenvalue weighted by molar-refractivity contribution is 0.108. The summed E-state index contributed by atoms with van der Waals surface area (Å²) in [6.45, 7) is 7.57. The highest BCUT2D eigenvalue weighted by Gasteiger charge is 2.34. The van der Waals surface area contributed by atoms with Gasteiger partial charge in [-0.05, 0) is 58.1 Å². The summed E-state index contributed by atoms with van der Waals surface area (Å²) in [4.78, 5) is 9.45. The van der Waals surface area contributed by atoms with Crippen molar-refractivity contribution >= 4 is 0 Å². The average molecular weight is 290 g/mol. The zero-order chi connectivity index (χ0) is 15.1. The van der Waals surface area contributed by atoms with Gasteiger partial charge in [0.1, 0.15) is 0 Å². The standard InChI is InChI=1S/C17H30N4/c1-3-21-12-6-9-17(15-18,10-14-21)20(2)13-8-16-7-4-5-11-19-16/h4-5,7,11H,3,6,8-10,12-15,18H2,1-2H3. The van der Waals surface area contributed by atoms with Gasteiger partial charge in [0.15, 0.2) is 0 Å². The summed E-state index contributed by atoms with van der Waals surface area (Å²) < 4.78 is 0. The minimum atomic E-state index is 0.165.